The van der Waals surface area contributed by atoms with Crippen LogP contribution >= 0.6 is 11.6 Å². The van der Waals surface area contributed by atoms with Crippen molar-refractivity contribution in [2.45, 2.75) is 16.7 Å². The number of primary amides is 1. The number of para-hydroxylation sites is 1. The second kappa shape index (κ2) is 8.58. The van der Waals surface area contributed by atoms with Crippen molar-refractivity contribution in [3.63, 3.8) is 0 Å². The van der Waals surface area contributed by atoms with Crippen LogP contribution in [0, 0.1) is 6.92 Å². The van der Waals surface area contributed by atoms with Crippen molar-refractivity contribution < 1.29 is 21.6 Å². The molecule has 1 amide bonds. The van der Waals surface area contributed by atoms with Gasteiger partial charge in [0.25, 0.3) is 20.0 Å². The maximum absolute atomic E-state index is 12.9. The number of carbonyl (C=O) groups is 1. The predicted octanol–water partition coefficient (Wildman–Crippen LogP) is 3.35. The molecule has 0 heterocycles. The third kappa shape index (κ3) is 5.16. The van der Waals surface area contributed by atoms with Crippen molar-refractivity contribution >= 4 is 48.9 Å². The Morgan fingerprint density at radius 2 is 1.52 bits per heavy atom. The topological polar surface area (TPSA) is 135 Å². The highest BCUT2D eigenvalue weighted by Crippen LogP contribution is 2.27. The van der Waals surface area contributed by atoms with Gasteiger partial charge in [0.15, 0.2) is 0 Å². The second-order valence-electron chi connectivity index (χ2n) is 6.56. The number of nitrogens with one attached hydrogen (secondary N) is 2. The number of nitrogens with two attached hydrogens (primary N) is 1. The molecule has 162 valence electrons. The summed E-state index contributed by atoms with van der Waals surface area (Å²) < 4.78 is 55.8. The summed E-state index contributed by atoms with van der Waals surface area (Å²) in [5.74, 6) is -0.684. The van der Waals surface area contributed by atoms with Gasteiger partial charge in [-0.2, -0.15) is 0 Å². The number of anilines is 2. The lowest BCUT2D eigenvalue weighted by atomic mass is 10.2. The Hall–Kier alpha value is -3.08. The van der Waals surface area contributed by atoms with E-state index in [4.69, 9.17) is 17.3 Å². The van der Waals surface area contributed by atoms with Crippen LogP contribution in [0.25, 0.3) is 0 Å². The molecule has 0 bridgehead atoms. The quantitative estimate of drug-likeness (QED) is 0.477. The van der Waals surface area contributed by atoms with E-state index in [1.54, 1.807) is 25.1 Å². The van der Waals surface area contributed by atoms with Gasteiger partial charge in [-0.05, 0) is 61.0 Å². The molecule has 3 rings (SSSR count). The molecular formula is C20H18ClN3O5S2. The molecule has 0 saturated carbocycles. The number of amides is 1. The minimum atomic E-state index is -4.05. The summed E-state index contributed by atoms with van der Waals surface area (Å²) in [5, 5.41) is 0.222. The Kier molecular flexibility index (Phi) is 6.25. The summed E-state index contributed by atoms with van der Waals surface area (Å²) in [4.78, 5) is 10.9. The zero-order valence-electron chi connectivity index (χ0n) is 16.2. The minimum absolute atomic E-state index is 0.0455. The van der Waals surface area contributed by atoms with Crippen molar-refractivity contribution in [2.75, 3.05) is 9.44 Å². The fourth-order valence-corrected chi connectivity index (χ4v) is 5.35. The van der Waals surface area contributed by atoms with Gasteiger partial charge in [-0.25, -0.2) is 16.8 Å². The smallest absolute Gasteiger partial charge is 0.262 e. The van der Waals surface area contributed by atoms with Gasteiger partial charge in [0.2, 0.25) is 5.91 Å². The summed E-state index contributed by atoms with van der Waals surface area (Å²) in [6.45, 7) is 1.59. The fourth-order valence-electron chi connectivity index (χ4n) is 2.71. The molecule has 0 aliphatic rings. The van der Waals surface area contributed by atoms with Crippen LogP contribution in [0.4, 0.5) is 11.4 Å². The molecule has 31 heavy (non-hydrogen) atoms. The second-order valence-corrected chi connectivity index (χ2v) is 10.3. The molecule has 0 atom stereocenters. The first-order chi connectivity index (χ1) is 14.5. The van der Waals surface area contributed by atoms with E-state index in [2.05, 4.69) is 9.44 Å². The Morgan fingerprint density at radius 3 is 2.13 bits per heavy atom. The van der Waals surface area contributed by atoms with Crippen LogP contribution in [0.1, 0.15) is 15.9 Å². The monoisotopic (exact) mass is 479 g/mol. The Morgan fingerprint density at radius 1 is 0.871 bits per heavy atom. The summed E-state index contributed by atoms with van der Waals surface area (Å²) in [6, 6.07) is 15.5. The van der Waals surface area contributed by atoms with Gasteiger partial charge < -0.3 is 5.73 Å². The third-order valence-electron chi connectivity index (χ3n) is 4.30. The van der Waals surface area contributed by atoms with E-state index < -0.39 is 26.0 Å². The number of halogens is 1. The number of hydrogen-bond donors (Lipinski definition) is 3. The predicted molar refractivity (Wildman–Crippen MR) is 119 cm³/mol. The summed E-state index contributed by atoms with van der Waals surface area (Å²) in [5.41, 5.74) is 5.97. The van der Waals surface area contributed by atoms with Crippen molar-refractivity contribution in [3.8, 4) is 0 Å². The van der Waals surface area contributed by atoms with E-state index in [1.165, 1.54) is 48.5 Å². The van der Waals surface area contributed by atoms with Gasteiger partial charge in [0.1, 0.15) is 0 Å². The maximum Gasteiger partial charge on any atom is 0.262 e. The van der Waals surface area contributed by atoms with Crippen LogP contribution in [0.2, 0.25) is 5.02 Å². The van der Waals surface area contributed by atoms with Gasteiger partial charge in [0, 0.05) is 5.56 Å². The lowest BCUT2D eigenvalue weighted by Crippen LogP contribution is -2.17. The lowest BCUT2D eigenvalue weighted by Gasteiger charge is -2.14. The fraction of sp³-hybridized carbons (Fsp3) is 0.0500. The van der Waals surface area contributed by atoms with Gasteiger partial charge in [-0.1, -0.05) is 29.8 Å². The zero-order valence-corrected chi connectivity index (χ0v) is 18.6. The van der Waals surface area contributed by atoms with E-state index in [0.29, 0.717) is 5.56 Å². The first kappa shape index (κ1) is 22.6. The molecule has 0 unspecified atom stereocenters. The average Bonchev–Trinajstić information content (AvgIpc) is 2.71. The van der Waals surface area contributed by atoms with Gasteiger partial charge in [-0.15, -0.1) is 0 Å². The highest BCUT2D eigenvalue weighted by Gasteiger charge is 2.21. The summed E-state index contributed by atoms with van der Waals surface area (Å²) in [7, 11) is -8.08. The van der Waals surface area contributed by atoms with Crippen molar-refractivity contribution in [2.24, 2.45) is 5.73 Å². The van der Waals surface area contributed by atoms with Crippen molar-refractivity contribution in [3.05, 3.63) is 82.9 Å². The number of hydrogen-bond acceptors (Lipinski definition) is 5. The first-order valence-corrected chi connectivity index (χ1v) is 12.1. The molecule has 0 aromatic heterocycles. The highest BCUT2D eigenvalue weighted by molar-refractivity contribution is 7.93. The molecule has 3 aromatic rings. The van der Waals surface area contributed by atoms with Crippen molar-refractivity contribution in [1.82, 2.24) is 0 Å². The van der Waals surface area contributed by atoms with E-state index in [9.17, 15) is 21.6 Å². The molecule has 0 spiro atoms. The molecule has 0 radical (unpaired) electrons. The molecule has 3 aromatic carbocycles. The highest BCUT2D eigenvalue weighted by atomic mass is 35.5. The Balaban J connectivity index is 1.91. The SMILES string of the molecule is Cc1ccc(NS(=O)(=O)c2ccc(C(N)=O)cc2)cc1S(=O)(=O)Nc1ccccc1Cl. The van der Waals surface area contributed by atoms with Crippen LogP contribution in [0.3, 0.4) is 0 Å². The van der Waals surface area contributed by atoms with Gasteiger partial charge in [-0.3, -0.25) is 14.2 Å². The number of sulfonamides is 2. The standard InChI is InChI=1S/C20H18ClN3O5S2/c1-13-6-9-15(23-30(26,27)16-10-7-14(8-11-16)20(22)25)12-19(13)31(28,29)24-18-5-3-2-4-17(18)21/h2-12,23-24H,1H3,(H2,22,25). The molecule has 0 aliphatic carbocycles. The Bertz CT molecular complexity index is 1360. The normalized spacial score (nSPS) is 11.7. The van der Waals surface area contributed by atoms with Crippen molar-refractivity contribution in [1.29, 1.82) is 0 Å². The molecule has 0 saturated heterocycles. The van der Waals surface area contributed by atoms with Crippen LogP contribution < -0.4 is 15.2 Å². The molecule has 0 aliphatic heterocycles. The van der Waals surface area contributed by atoms with Crippen LogP contribution in [-0.2, 0) is 20.0 Å². The van der Waals surface area contributed by atoms with E-state index in [1.807, 2.05) is 0 Å². The minimum Gasteiger partial charge on any atom is -0.366 e. The molecular weight excluding hydrogens is 462 g/mol. The van der Waals surface area contributed by atoms with Gasteiger partial charge >= 0.3 is 0 Å². The molecule has 0 fully saturated rings. The number of benzene rings is 3. The first-order valence-electron chi connectivity index (χ1n) is 8.80. The van der Waals surface area contributed by atoms with Crippen LogP contribution in [0.5, 0.6) is 0 Å². The molecule has 11 heteroatoms. The number of aryl methyl sites for hydroxylation is 1. The summed E-state index contributed by atoms with van der Waals surface area (Å²) >= 11 is 6.03. The molecule has 4 N–H and O–H groups in total. The summed E-state index contributed by atoms with van der Waals surface area (Å²) in [6.07, 6.45) is 0. The van der Waals surface area contributed by atoms with E-state index >= 15 is 0 Å². The third-order valence-corrected chi connectivity index (χ3v) is 7.53. The number of carbonyl (C=O) groups excluding carboxylic acids is 1. The van der Waals surface area contributed by atoms with Crippen LogP contribution in [-0.4, -0.2) is 22.7 Å². The maximum atomic E-state index is 12.9. The van der Waals surface area contributed by atoms with Crippen LogP contribution in [0.15, 0.2) is 76.5 Å². The van der Waals surface area contributed by atoms with Gasteiger partial charge in [0.05, 0.1) is 26.2 Å². The molecule has 8 nitrogen and oxygen atoms in total. The largest absolute Gasteiger partial charge is 0.366 e. The average molecular weight is 480 g/mol. The number of rotatable bonds is 7. The lowest BCUT2D eigenvalue weighted by molar-refractivity contribution is 0.1000. The Labute approximate surface area is 185 Å². The van der Waals surface area contributed by atoms with E-state index in [-0.39, 0.29) is 31.8 Å². The van der Waals surface area contributed by atoms with E-state index in [0.717, 1.165) is 0 Å². The zero-order chi connectivity index (χ0) is 22.8.